The average molecular weight is 471 g/mol. The second kappa shape index (κ2) is 9.57. The number of fused-ring (bicyclic) bond motifs is 1. The predicted molar refractivity (Wildman–Crippen MR) is 127 cm³/mol. The van der Waals surface area contributed by atoms with Crippen molar-refractivity contribution in [3.8, 4) is 5.75 Å². The number of aryl methyl sites for hydroxylation is 1. The molecule has 33 heavy (non-hydrogen) atoms. The zero-order valence-electron chi connectivity index (χ0n) is 18.8. The number of anilines is 2. The summed E-state index contributed by atoms with van der Waals surface area (Å²) < 4.78 is 6.97. The molecule has 2 amide bonds. The van der Waals surface area contributed by atoms with E-state index >= 15 is 0 Å². The van der Waals surface area contributed by atoms with Crippen LogP contribution >= 0.6 is 11.3 Å². The summed E-state index contributed by atoms with van der Waals surface area (Å²) in [6.45, 7) is 3.11. The Hall–Kier alpha value is -3.47. The lowest BCUT2D eigenvalue weighted by Crippen LogP contribution is -2.39. The monoisotopic (exact) mass is 470 g/mol. The third-order valence-electron chi connectivity index (χ3n) is 5.70. The van der Waals surface area contributed by atoms with Gasteiger partial charge in [0.1, 0.15) is 23.3 Å². The summed E-state index contributed by atoms with van der Waals surface area (Å²) in [4.78, 5) is 48.3. The van der Waals surface area contributed by atoms with Crippen LogP contribution in [0.15, 0.2) is 29.3 Å². The van der Waals surface area contributed by atoms with Crippen LogP contribution in [0.25, 0.3) is 10.3 Å². The van der Waals surface area contributed by atoms with Crippen molar-refractivity contribution >= 4 is 44.3 Å². The van der Waals surface area contributed by atoms with Crippen LogP contribution in [-0.4, -0.2) is 53.6 Å². The molecule has 0 spiro atoms. The zero-order valence-corrected chi connectivity index (χ0v) is 19.6. The van der Waals surface area contributed by atoms with Crippen LogP contribution in [-0.2, 0) is 16.1 Å². The van der Waals surface area contributed by atoms with Crippen LogP contribution < -0.4 is 25.8 Å². The molecule has 1 fully saturated rings. The lowest BCUT2D eigenvalue weighted by molar-refractivity contribution is -0.125. The van der Waals surface area contributed by atoms with Gasteiger partial charge < -0.3 is 20.3 Å². The van der Waals surface area contributed by atoms with Gasteiger partial charge in [0.15, 0.2) is 10.8 Å². The van der Waals surface area contributed by atoms with E-state index in [1.54, 1.807) is 13.1 Å². The third kappa shape index (κ3) is 4.82. The summed E-state index contributed by atoms with van der Waals surface area (Å²) in [5.41, 5.74) is 1.58. The van der Waals surface area contributed by atoms with Crippen LogP contribution in [0.3, 0.4) is 0 Å². The molecule has 10 nitrogen and oxygen atoms in total. The van der Waals surface area contributed by atoms with Gasteiger partial charge in [-0.2, -0.15) is 4.98 Å². The van der Waals surface area contributed by atoms with Gasteiger partial charge in [-0.15, -0.1) is 0 Å². The maximum Gasteiger partial charge on any atom is 0.273 e. The van der Waals surface area contributed by atoms with E-state index in [1.807, 2.05) is 19.1 Å². The Bertz CT molecular complexity index is 1250. The number of carbonyl (C=O) groups is 2. The van der Waals surface area contributed by atoms with Gasteiger partial charge in [0.25, 0.3) is 5.56 Å². The number of hydrogen-bond donors (Lipinski definition) is 2. The maximum atomic E-state index is 13.0. The van der Waals surface area contributed by atoms with Gasteiger partial charge in [-0.25, -0.2) is 4.98 Å². The second-order valence-electron chi connectivity index (χ2n) is 7.95. The Kier molecular flexibility index (Phi) is 6.59. The Balaban J connectivity index is 1.49. The molecular weight excluding hydrogens is 444 g/mol. The molecule has 0 atom stereocenters. The fourth-order valence-electron chi connectivity index (χ4n) is 3.88. The first-order valence-electron chi connectivity index (χ1n) is 10.7. The summed E-state index contributed by atoms with van der Waals surface area (Å²) in [7, 11) is 3.18. The van der Waals surface area contributed by atoms with Crippen molar-refractivity contribution in [2.45, 2.75) is 26.3 Å². The number of piperidine rings is 1. The normalized spacial score (nSPS) is 14.3. The molecule has 174 valence electrons. The van der Waals surface area contributed by atoms with E-state index in [0.717, 1.165) is 18.4 Å². The molecule has 0 bridgehead atoms. The van der Waals surface area contributed by atoms with Crippen LogP contribution in [0.2, 0.25) is 0 Å². The lowest BCUT2D eigenvalue weighted by atomic mass is 9.96. The highest BCUT2D eigenvalue weighted by atomic mass is 32.1. The van der Waals surface area contributed by atoms with Gasteiger partial charge in [-0.05, 0) is 37.5 Å². The molecule has 3 heterocycles. The fourth-order valence-corrected chi connectivity index (χ4v) is 4.90. The SMILES string of the molecule is CNC(=O)C1CCN(c2nc3ncn(CC(=O)Nc4cc(C)ccc4OC)c(=O)c3s2)CC1. The molecule has 0 saturated carbocycles. The molecule has 1 aliphatic heterocycles. The molecule has 0 unspecified atom stereocenters. The van der Waals surface area contributed by atoms with E-state index < -0.39 is 0 Å². The Morgan fingerprint density at radius 3 is 2.73 bits per heavy atom. The number of aromatic nitrogens is 3. The van der Waals surface area contributed by atoms with Crippen LogP contribution in [0.1, 0.15) is 18.4 Å². The lowest BCUT2D eigenvalue weighted by Gasteiger charge is -2.30. The van der Waals surface area contributed by atoms with E-state index in [2.05, 4.69) is 25.5 Å². The summed E-state index contributed by atoms with van der Waals surface area (Å²) in [6.07, 6.45) is 2.81. The van der Waals surface area contributed by atoms with Crippen molar-refractivity contribution in [2.24, 2.45) is 5.92 Å². The van der Waals surface area contributed by atoms with E-state index in [9.17, 15) is 14.4 Å². The number of carbonyl (C=O) groups excluding carboxylic acids is 2. The number of amides is 2. The van der Waals surface area contributed by atoms with Crippen molar-refractivity contribution < 1.29 is 14.3 Å². The number of methoxy groups -OCH3 is 1. The van der Waals surface area contributed by atoms with Crippen LogP contribution in [0.5, 0.6) is 5.75 Å². The number of nitrogens with one attached hydrogen (secondary N) is 2. The van der Waals surface area contributed by atoms with Gasteiger partial charge in [0.05, 0.1) is 12.8 Å². The molecule has 3 aromatic rings. The molecule has 0 radical (unpaired) electrons. The third-order valence-corrected chi connectivity index (χ3v) is 6.79. The number of thiazole rings is 1. The molecule has 0 aliphatic carbocycles. The van der Waals surface area contributed by atoms with Crippen molar-refractivity contribution in [2.75, 3.05) is 37.5 Å². The zero-order chi connectivity index (χ0) is 23.5. The Morgan fingerprint density at radius 2 is 2.03 bits per heavy atom. The van der Waals surface area contributed by atoms with Crippen molar-refractivity contribution in [1.29, 1.82) is 0 Å². The highest BCUT2D eigenvalue weighted by molar-refractivity contribution is 7.22. The van der Waals surface area contributed by atoms with Gasteiger partial charge in [0.2, 0.25) is 11.8 Å². The van der Waals surface area contributed by atoms with Crippen molar-refractivity contribution in [3.05, 3.63) is 40.4 Å². The topological polar surface area (TPSA) is 118 Å². The first kappa shape index (κ1) is 22.7. The average Bonchev–Trinajstić information content (AvgIpc) is 3.26. The predicted octanol–water partition coefficient (Wildman–Crippen LogP) is 1.77. The number of hydrogen-bond acceptors (Lipinski definition) is 8. The van der Waals surface area contributed by atoms with Crippen LogP contribution in [0, 0.1) is 12.8 Å². The number of ether oxygens (including phenoxy) is 1. The largest absolute Gasteiger partial charge is 0.495 e. The molecule has 11 heteroatoms. The summed E-state index contributed by atoms with van der Waals surface area (Å²) in [5, 5.41) is 6.20. The molecule has 1 aliphatic rings. The summed E-state index contributed by atoms with van der Waals surface area (Å²) in [5.74, 6) is 0.247. The minimum atomic E-state index is -0.358. The highest BCUT2D eigenvalue weighted by Crippen LogP contribution is 2.29. The summed E-state index contributed by atoms with van der Waals surface area (Å²) in [6, 6.07) is 5.48. The van der Waals surface area contributed by atoms with Crippen molar-refractivity contribution in [1.82, 2.24) is 19.9 Å². The Morgan fingerprint density at radius 1 is 1.27 bits per heavy atom. The highest BCUT2D eigenvalue weighted by Gasteiger charge is 2.26. The van der Waals surface area contributed by atoms with Gasteiger partial charge in [0, 0.05) is 26.1 Å². The van der Waals surface area contributed by atoms with E-state index in [1.165, 1.54) is 29.3 Å². The standard InChI is InChI=1S/C22H26N6O4S/c1-13-4-5-16(32-3)15(10-13)25-17(29)11-28-12-24-19-18(21(28)31)33-22(26-19)27-8-6-14(7-9-27)20(30)23-2/h4-5,10,12,14H,6-9,11H2,1-3H3,(H,23,30)(H,25,29). The quantitative estimate of drug-likeness (QED) is 0.564. The van der Waals surface area contributed by atoms with E-state index in [4.69, 9.17) is 4.74 Å². The van der Waals surface area contributed by atoms with Gasteiger partial charge in [-0.3, -0.25) is 19.0 Å². The van der Waals surface area contributed by atoms with Gasteiger partial charge >= 0.3 is 0 Å². The smallest absolute Gasteiger partial charge is 0.273 e. The maximum absolute atomic E-state index is 13.0. The van der Waals surface area contributed by atoms with E-state index in [0.29, 0.717) is 40.0 Å². The first-order chi connectivity index (χ1) is 15.9. The van der Waals surface area contributed by atoms with E-state index in [-0.39, 0.29) is 29.8 Å². The molecule has 4 rings (SSSR count). The number of benzene rings is 1. The first-order valence-corrected chi connectivity index (χ1v) is 11.5. The molecule has 1 aromatic carbocycles. The second-order valence-corrected chi connectivity index (χ2v) is 8.93. The summed E-state index contributed by atoms with van der Waals surface area (Å²) >= 11 is 1.27. The van der Waals surface area contributed by atoms with Gasteiger partial charge in [-0.1, -0.05) is 17.4 Å². The van der Waals surface area contributed by atoms with Crippen LogP contribution in [0.4, 0.5) is 10.8 Å². The van der Waals surface area contributed by atoms with Crippen molar-refractivity contribution in [3.63, 3.8) is 0 Å². The number of rotatable bonds is 6. The minimum Gasteiger partial charge on any atom is -0.495 e. The fraction of sp³-hybridized carbons (Fsp3) is 0.409. The molecular formula is C22H26N6O4S. The Labute approximate surface area is 194 Å². The molecule has 2 aromatic heterocycles. The molecule has 1 saturated heterocycles. The number of nitrogens with zero attached hydrogens (tertiary/aromatic N) is 4. The molecule has 2 N–H and O–H groups in total. The minimum absolute atomic E-state index is 0.00141.